The number of halogens is 2. The van der Waals surface area contributed by atoms with Gasteiger partial charge in [-0.25, -0.2) is 4.79 Å². The molecule has 0 spiro atoms. The zero-order valence-electron chi connectivity index (χ0n) is 16.2. The van der Waals surface area contributed by atoms with E-state index in [0.717, 1.165) is 37.1 Å². The van der Waals surface area contributed by atoms with Crippen LogP contribution in [-0.2, 0) is 0 Å². The van der Waals surface area contributed by atoms with Crippen LogP contribution in [0.2, 0.25) is 10.0 Å². The molecule has 2 fully saturated rings. The van der Waals surface area contributed by atoms with Crippen molar-refractivity contribution >= 4 is 29.2 Å². The van der Waals surface area contributed by atoms with Gasteiger partial charge in [-0.2, -0.15) is 0 Å². The predicted molar refractivity (Wildman–Crippen MR) is 111 cm³/mol. The van der Waals surface area contributed by atoms with Gasteiger partial charge in [-0.15, -0.1) is 0 Å². The van der Waals surface area contributed by atoms with E-state index in [2.05, 4.69) is 29.1 Å². The van der Waals surface area contributed by atoms with Crippen LogP contribution >= 0.6 is 23.2 Å². The van der Waals surface area contributed by atoms with Gasteiger partial charge in [-0.05, 0) is 64.4 Å². The highest BCUT2D eigenvalue weighted by Gasteiger charge is 2.25. The molecule has 0 aromatic heterocycles. The molecule has 1 aromatic carbocycles. The van der Waals surface area contributed by atoms with E-state index < -0.39 is 0 Å². The monoisotopic (exact) mass is 407 g/mol. The molecule has 1 aliphatic carbocycles. The van der Waals surface area contributed by atoms with Crippen LogP contribution in [0.15, 0.2) is 12.1 Å². The summed E-state index contributed by atoms with van der Waals surface area (Å²) in [6.45, 7) is 3.96. The van der Waals surface area contributed by atoms with Crippen molar-refractivity contribution in [3.05, 3.63) is 33.3 Å². The first-order valence-electron chi connectivity index (χ1n) is 9.58. The number of urea groups is 1. The molecule has 2 amide bonds. The molecular formula is C21H27Cl2N3O. The fraction of sp³-hybridized carbons (Fsp3) is 0.571. The van der Waals surface area contributed by atoms with Gasteiger partial charge in [-0.3, -0.25) is 0 Å². The third kappa shape index (κ3) is 5.10. The molecule has 146 valence electrons. The van der Waals surface area contributed by atoms with Gasteiger partial charge in [-0.1, -0.05) is 41.1 Å². The molecule has 1 aliphatic heterocycles. The molecule has 1 atom stereocenters. The lowest BCUT2D eigenvalue weighted by Gasteiger charge is -2.35. The van der Waals surface area contributed by atoms with Crippen LogP contribution in [0, 0.1) is 17.8 Å². The number of nitrogens with one attached hydrogen (secondary N) is 1. The van der Waals surface area contributed by atoms with E-state index in [-0.39, 0.29) is 18.1 Å². The number of carbonyl (C=O) groups excluding carboxylic acids is 1. The largest absolute Gasteiger partial charge is 0.331 e. The highest BCUT2D eigenvalue weighted by atomic mass is 35.5. The lowest BCUT2D eigenvalue weighted by Crippen LogP contribution is -2.48. The van der Waals surface area contributed by atoms with Gasteiger partial charge in [0.15, 0.2) is 0 Å². The van der Waals surface area contributed by atoms with Crippen LogP contribution in [0.4, 0.5) is 4.79 Å². The van der Waals surface area contributed by atoms with Gasteiger partial charge in [0.1, 0.15) is 0 Å². The molecule has 27 heavy (non-hydrogen) atoms. The second-order valence-electron chi connectivity index (χ2n) is 7.69. The maximum atomic E-state index is 12.7. The minimum absolute atomic E-state index is 0.0816. The average Bonchev–Trinajstić information content (AvgIpc) is 3.47. The molecule has 6 heteroatoms. The standard InChI is InChI=1S/C21H27Cl2N3O/c1-14(24-21(27)26(3)17-10-12-25(2)13-11-17)18-9-8-16(19(22)20(18)23)7-6-15-4-5-15/h8-9,14-15,17H,4-5,10-13H2,1-3H3,(H,24,27)/t14-/m0/s1. The molecule has 0 radical (unpaired) electrons. The summed E-state index contributed by atoms with van der Waals surface area (Å²) in [5, 5.41) is 3.98. The number of hydrogen-bond donors (Lipinski definition) is 1. The molecule has 1 N–H and O–H groups in total. The van der Waals surface area contributed by atoms with Crippen molar-refractivity contribution in [3.8, 4) is 11.8 Å². The van der Waals surface area contributed by atoms with E-state index in [1.54, 1.807) is 0 Å². The first-order chi connectivity index (χ1) is 12.9. The van der Waals surface area contributed by atoms with E-state index in [1.807, 2.05) is 31.0 Å². The van der Waals surface area contributed by atoms with Crippen LogP contribution in [0.1, 0.15) is 49.8 Å². The summed E-state index contributed by atoms with van der Waals surface area (Å²) in [6, 6.07) is 3.75. The number of carbonyl (C=O) groups is 1. The Morgan fingerprint density at radius 3 is 2.52 bits per heavy atom. The lowest BCUT2D eigenvalue weighted by molar-refractivity contribution is 0.146. The van der Waals surface area contributed by atoms with Crippen LogP contribution in [-0.4, -0.2) is 49.1 Å². The van der Waals surface area contributed by atoms with Crippen LogP contribution in [0.25, 0.3) is 0 Å². The minimum atomic E-state index is -0.235. The maximum absolute atomic E-state index is 12.7. The minimum Gasteiger partial charge on any atom is -0.331 e. The van der Waals surface area contributed by atoms with Crippen molar-refractivity contribution in [2.45, 2.75) is 44.7 Å². The topological polar surface area (TPSA) is 35.6 Å². The Morgan fingerprint density at radius 2 is 1.89 bits per heavy atom. The van der Waals surface area contributed by atoms with E-state index in [0.29, 0.717) is 16.0 Å². The Balaban J connectivity index is 1.64. The Morgan fingerprint density at radius 1 is 1.22 bits per heavy atom. The summed E-state index contributed by atoms with van der Waals surface area (Å²) in [5.41, 5.74) is 1.56. The Labute approximate surface area is 172 Å². The van der Waals surface area contributed by atoms with Crippen molar-refractivity contribution < 1.29 is 4.79 Å². The molecule has 1 saturated carbocycles. The molecule has 3 rings (SSSR count). The van der Waals surface area contributed by atoms with E-state index in [1.165, 1.54) is 12.8 Å². The zero-order valence-corrected chi connectivity index (χ0v) is 17.7. The third-order valence-corrected chi connectivity index (χ3v) is 6.36. The fourth-order valence-electron chi connectivity index (χ4n) is 3.32. The molecule has 4 nitrogen and oxygen atoms in total. The second-order valence-corrected chi connectivity index (χ2v) is 8.45. The van der Waals surface area contributed by atoms with Gasteiger partial charge in [0, 0.05) is 24.6 Å². The third-order valence-electron chi connectivity index (χ3n) is 5.46. The Hall–Kier alpha value is -1.41. The molecule has 1 saturated heterocycles. The predicted octanol–water partition coefficient (Wildman–Crippen LogP) is 4.55. The highest BCUT2D eigenvalue weighted by Crippen LogP contribution is 2.33. The number of nitrogens with zero attached hydrogens (tertiary/aromatic N) is 2. The summed E-state index contributed by atoms with van der Waals surface area (Å²) in [5.74, 6) is 6.83. The van der Waals surface area contributed by atoms with Gasteiger partial charge in [0.05, 0.1) is 16.1 Å². The SMILES string of the molecule is C[C@H](NC(=O)N(C)C1CCN(C)CC1)c1ccc(C#CC2CC2)c(Cl)c1Cl. The van der Waals surface area contributed by atoms with Crippen molar-refractivity contribution in [2.75, 3.05) is 27.2 Å². The first-order valence-corrected chi connectivity index (χ1v) is 10.3. The summed E-state index contributed by atoms with van der Waals surface area (Å²) < 4.78 is 0. The normalized spacial score (nSPS) is 19.1. The van der Waals surface area contributed by atoms with Gasteiger partial charge < -0.3 is 15.1 Å². The van der Waals surface area contributed by atoms with Crippen LogP contribution in [0.5, 0.6) is 0 Å². The maximum Gasteiger partial charge on any atom is 0.317 e. The summed E-state index contributed by atoms with van der Waals surface area (Å²) >= 11 is 12.9. The smallest absolute Gasteiger partial charge is 0.317 e. The second kappa shape index (κ2) is 8.73. The molecular weight excluding hydrogens is 381 g/mol. The summed E-state index contributed by atoms with van der Waals surface area (Å²) in [6.07, 6.45) is 4.33. The van der Waals surface area contributed by atoms with E-state index in [9.17, 15) is 4.79 Å². The Bertz CT molecular complexity index is 759. The number of amides is 2. The molecule has 0 bridgehead atoms. The quantitative estimate of drug-likeness (QED) is 0.745. The van der Waals surface area contributed by atoms with Gasteiger partial charge >= 0.3 is 6.03 Å². The molecule has 1 aromatic rings. The van der Waals surface area contributed by atoms with Crippen LogP contribution < -0.4 is 5.32 Å². The summed E-state index contributed by atoms with van der Waals surface area (Å²) in [4.78, 5) is 16.8. The van der Waals surface area contributed by atoms with Crippen molar-refractivity contribution in [1.82, 2.24) is 15.1 Å². The van der Waals surface area contributed by atoms with Gasteiger partial charge in [0.2, 0.25) is 0 Å². The molecule has 0 unspecified atom stereocenters. The van der Waals surface area contributed by atoms with Crippen molar-refractivity contribution in [2.24, 2.45) is 5.92 Å². The van der Waals surface area contributed by atoms with E-state index >= 15 is 0 Å². The van der Waals surface area contributed by atoms with Crippen LogP contribution in [0.3, 0.4) is 0 Å². The number of benzene rings is 1. The number of piperidine rings is 1. The Kier molecular flexibility index (Phi) is 6.57. The molecule has 1 heterocycles. The first kappa shape index (κ1) is 20.3. The lowest BCUT2D eigenvalue weighted by atomic mass is 10.0. The number of rotatable bonds is 3. The number of hydrogen-bond acceptors (Lipinski definition) is 2. The molecule has 2 aliphatic rings. The van der Waals surface area contributed by atoms with E-state index in [4.69, 9.17) is 23.2 Å². The van der Waals surface area contributed by atoms with Crippen molar-refractivity contribution in [1.29, 1.82) is 0 Å². The fourth-order valence-corrected chi connectivity index (χ4v) is 3.86. The van der Waals surface area contributed by atoms with Gasteiger partial charge in [0.25, 0.3) is 0 Å². The number of likely N-dealkylation sites (tertiary alicyclic amines) is 1. The van der Waals surface area contributed by atoms with Crippen molar-refractivity contribution in [3.63, 3.8) is 0 Å². The zero-order chi connectivity index (χ0) is 19.6. The highest BCUT2D eigenvalue weighted by molar-refractivity contribution is 6.43. The summed E-state index contributed by atoms with van der Waals surface area (Å²) in [7, 11) is 3.98. The average molecular weight is 408 g/mol.